The summed E-state index contributed by atoms with van der Waals surface area (Å²) in [6.07, 6.45) is 6.26. The number of thiol groups is 1. The zero-order chi connectivity index (χ0) is 36.9. The number of aliphatic hydroxyl groups is 1. The number of fused-ring (bicyclic) bond motifs is 3. The molecular weight excluding hydrogens is 674 g/mol. The Kier molecular flexibility index (Phi) is 13.7. The maximum absolute atomic E-state index is 14.0. The summed E-state index contributed by atoms with van der Waals surface area (Å²) in [7, 11) is 2.26. The highest BCUT2D eigenvalue weighted by molar-refractivity contribution is 8.01. The summed E-state index contributed by atoms with van der Waals surface area (Å²) in [5, 5.41) is 11.9. The Labute approximate surface area is 296 Å². The molecule has 0 saturated carbocycles. The Morgan fingerprint density at radius 1 is 1.18 bits per heavy atom. The monoisotopic (exact) mass is 727 g/mol. The van der Waals surface area contributed by atoms with Crippen LogP contribution in [0.3, 0.4) is 0 Å². The highest BCUT2D eigenvalue weighted by Crippen LogP contribution is 2.49. The van der Waals surface area contributed by atoms with Crippen molar-refractivity contribution >= 4 is 45.1 Å². The van der Waals surface area contributed by atoms with Gasteiger partial charge in [0.2, 0.25) is 5.91 Å². The van der Waals surface area contributed by atoms with Crippen molar-refractivity contribution in [1.29, 1.82) is 0 Å². The molecule has 7 atom stereocenters. The van der Waals surface area contributed by atoms with E-state index in [1.54, 1.807) is 45.6 Å². The minimum atomic E-state index is -2.34. The van der Waals surface area contributed by atoms with Crippen molar-refractivity contribution in [3.63, 3.8) is 0 Å². The second-order valence-corrected chi connectivity index (χ2v) is 18.2. The largest absolute Gasteiger partial charge is 0.495 e. The topological polar surface area (TPSA) is 141 Å². The van der Waals surface area contributed by atoms with Crippen molar-refractivity contribution in [3.8, 4) is 5.75 Å². The van der Waals surface area contributed by atoms with Gasteiger partial charge in [0.15, 0.2) is 0 Å². The first kappa shape index (κ1) is 40.7. The molecule has 3 rings (SSSR count). The van der Waals surface area contributed by atoms with Crippen molar-refractivity contribution in [2.75, 3.05) is 44.4 Å². The minimum absolute atomic E-state index is 0.0135. The van der Waals surface area contributed by atoms with Gasteiger partial charge in [0.05, 0.1) is 30.9 Å². The number of carbonyl (C=O) groups excluding carboxylic acids is 3. The molecule has 2 bridgehead atoms. The number of hydrogen-bond acceptors (Lipinski definition) is 10. The van der Waals surface area contributed by atoms with Crippen molar-refractivity contribution in [2.45, 2.75) is 102 Å². The summed E-state index contributed by atoms with van der Waals surface area (Å²) >= 11 is 6.73. The van der Waals surface area contributed by atoms with Gasteiger partial charge in [-0.05, 0) is 63.8 Å². The number of anilines is 1. The number of nitrogens with zero attached hydrogens (tertiary/aromatic N) is 1. The number of benzene rings is 1. The Morgan fingerprint density at radius 3 is 2.45 bits per heavy atom. The van der Waals surface area contributed by atoms with Gasteiger partial charge in [0.25, 0.3) is 0 Å². The zero-order valence-electron chi connectivity index (χ0n) is 30.4. The lowest BCUT2D eigenvalue weighted by Crippen LogP contribution is -2.46. The standard InChI is InChI=1S/C36H54ClNO10S/c1-22-13-11-14-29(45-8)35(4,42)21-28(46-24(3)39)23(2)34-36(5,48-34)30(47-32(41)15-12-16-49(9,10)43)20-31(40)38(6)26-18-25(17-22)19-27(44-7)33(26)37/h11,13-14,18-19,23,28-30,34,42,49H,12,15-17,20-21H2,1-10H3/b14-11+,22-13+/t23-,28+,29-,30+,34+,35+,36+/m1/s1. The summed E-state index contributed by atoms with van der Waals surface area (Å²) in [5.74, 6) is -1.17. The first-order valence-electron chi connectivity index (χ1n) is 16.5. The van der Waals surface area contributed by atoms with E-state index in [1.807, 2.05) is 32.1 Å². The lowest BCUT2D eigenvalue weighted by molar-refractivity contribution is -0.156. The van der Waals surface area contributed by atoms with Gasteiger partial charge in [-0.2, -0.15) is 0 Å². The number of esters is 2. The fourth-order valence-corrected chi connectivity index (χ4v) is 7.61. The molecule has 49 heavy (non-hydrogen) atoms. The molecule has 2 aliphatic rings. The molecule has 1 amide bonds. The van der Waals surface area contributed by atoms with Crippen molar-refractivity contribution < 1.29 is 47.4 Å². The maximum atomic E-state index is 14.0. The number of halogens is 1. The van der Waals surface area contributed by atoms with Crippen LogP contribution in [0.25, 0.3) is 0 Å². The molecule has 1 saturated heterocycles. The highest BCUT2D eigenvalue weighted by atomic mass is 35.5. The van der Waals surface area contributed by atoms with E-state index in [0.717, 1.165) is 11.1 Å². The average molecular weight is 728 g/mol. The van der Waals surface area contributed by atoms with Crippen LogP contribution in [-0.4, -0.2) is 102 Å². The SMILES string of the molecule is COc1cc2cc(c1Cl)N(C)C(=O)C[C@H](OC(=O)CCC[SH](C)(C)=O)[C@]1(C)O[C@H]1[C@H](C)[C@@H](OC(C)=O)C[C@](C)(O)[C@H](OC)/C=C/C=C(\C)C2. The summed E-state index contributed by atoms with van der Waals surface area (Å²) < 4.78 is 41.4. The third-order valence-corrected chi connectivity index (χ3v) is 11.1. The number of hydrogen-bond donors (Lipinski definition) is 2. The lowest BCUT2D eigenvalue weighted by atomic mass is 9.82. The maximum Gasteiger partial charge on any atom is 0.306 e. The molecule has 1 N–H and O–H groups in total. The normalized spacial score (nSPS) is 31.9. The molecule has 1 fully saturated rings. The van der Waals surface area contributed by atoms with Gasteiger partial charge < -0.3 is 33.7 Å². The van der Waals surface area contributed by atoms with E-state index < -0.39 is 63.4 Å². The summed E-state index contributed by atoms with van der Waals surface area (Å²) in [5.41, 5.74) is -0.357. The number of allylic oxidation sites excluding steroid dienone is 3. The van der Waals surface area contributed by atoms with E-state index in [2.05, 4.69) is 0 Å². The Balaban J connectivity index is 2.10. The van der Waals surface area contributed by atoms with Gasteiger partial charge in [0.1, 0.15) is 34.7 Å². The van der Waals surface area contributed by atoms with E-state index in [9.17, 15) is 23.7 Å². The van der Waals surface area contributed by atoms with E-state index in [0.29, 0.717) is 30.0 Å². The fraction of sp³-hybridized carbons (Fsp3) is 0.639. The molecule has 1 aromatic carbocycles. The van der Waals surface area contributed by atoms with E-state index in [1.165, 1.54) is 26.0 Å². The van der Waals surface area contributed by atoms with Crippen LogP contribution in [0.1, 0.15) is 65.9 Å². The first-order valence-corrected chi connectivity index (χ1v) is 19.7. The number of epoxide rings is 1. The third-order valence-electron chi connectivity index (χ3n) is 9.29. The quantitative estimate of drug-likeness (QED) is 0.222. The van der Waals surface area contributed by atoms with Gasteiger partial charge in [-0.3, -0.25) is 18.6 Å². The summed E-state index contributed by atoms with van der Waals surface area (Å²) in [6, 6.07) is 3.63. The second-order valence-electron chi connectivity index (χ2n) is 14.2. The molecule has 0 aliphatic carbocycles. The van der Waals surface area contributed by atoms with Crippen LogP contribution in [0.4, 0.5) is 5.69 Å². The van der Waals surface area contributed by atoms with Crippen LogP contribution in [0.5, 0.6) is 5.75 Å². The molecule has 2 aliphatic heterocycles. The molecule has 1 aromatic rings. The smallest absolute Gasteiger partial charge is 0.306 e. The molecule has 13 heteroatoms. The van der Waals surface area contributed by atoms with Crippen molar-refractivity contribution in [1.82, 2.24) is 0 Å². The number of rotatable bonds is 8. The van der Waals surface area contributed by atoms with Crippen molar-refractivity contribution in [3.05, 3.63) is 46.5 Å². The Hall–Kier alpha value is -2.77. The van der Waals surface area contributed by atoms with Crippen LogP contribution in [0, 0.1) is 5.92 Å². The summed E-state index contributed by atoms with van der Waals surface area (Å²) in [6.45, 7) is 8.45. The summed E-state index contributed by atoms with van der Waals surface area (Å²) in [4.78, 5) is 40.8. The van der Waals surface area contributed by atoms with Crippen molar-refractivity contribution in [2.24, 2.45) is 5.92 Å². The number of methoxy groups -OCH3 is 2. The van der Waals surface area contributed by atoms with Gasteiger partial charge in [-0.1, -0.05) is 42.3 Å². The predicted octanol–water partition coefficient (Wildman–Crippen LogP) is 4.61. The minimum Gasteiger partial charge on any atom is -0.495 e. The molecule has 276 valence electrons. The van der Waals surface area contributed by atoms with Crippen LogP contribution in [-0.2, 0) is 49.7 Å². The number of amides is 1. The van der Waals surface area contributed by atoms with Crippen LogP contribution in [0.2, 0.25) is 5.02 Å². The number of carbonyl (C=O) groups is 3. The molecule has 0 aromatic heterocycles. The van der Waals surface area contributed by atoms with Gasteiger partial charge in [0, 0.05) is 45.6 Å². The first-order chi connectivity index (χ1) is 22.7. The fourth-order valence-electron chi connectivity index (χ4n) is 6.38. The van der Waals surface area contributed by atoms with Gasteiger partial charge in [-0.25, -0.2) is 0 Å². The van der Waals surface area contributed by atoms with E-state index in [-0.39, 0.29) is 30.2 Å². The van der Waals surface area contributed by atoms with Crippen LogP contribution < -0.4 is 9.64 Å². The zero-order valence-corrected chi connectivity index (χ0v) is 32.1. The van der Waals surface area contributed by atoms with Gasteiger partial charge in [-0.15, -0.1) is 9.93 Å². The Bertz CT molecular complexity index is 1490. The predicted molar refractivity (Wildman–Crippen MR) is 192 cm³/mol. The van der Waals surface area contributed by atoms with E-state index >= 15 is 0 Å². The van der Waals surface area contributed by atoms with Gasteiger partial charge >= 0.3 is 11.9 Å². The molecule has 2 heterocycles. The Morgan fingerprint density at radius 2 is 1.86 bits per heavy atom. The molecule has 0 radical (unpaired) electrons. The number of ether oxygens (including phenoxy) is 5. The van der Waals surface area contributed by atoms with E-state index in [4.69, 9.17) is 35.3 Å². The molecular formula is C36H54ClNO10S. The average Bonchev–Trinajstić information content (AvgIpc) is 3.69. The molecule has 0 unspecified atom stereocenters. The van der Waals surface area contributed by atoms with Crippen LogP contribution >= 0.6 is 11.6 Å². The second kappa shape index (κ2) is 16.5. The van der Waals surface area contributed by atoms with Crippen LogP contribution in [0.15, 0.2) is 35.9 Å². The lowest BCUT2D eigenvalue weighted by Gasteiger charge is -2.35. The molecule has 0 spiro atoms. The highest BCUT2D eigenvalue weighted by Gasteiger charge is 2.63. The molecule has 11 nitrogen and oxygen atoms in total. The third kappa shape index (κ3) is 10.9.